The van der Waals surface area contributed by atoms with Gasteiger partial charge in [-0.2, -0.15) is 13.2 Å². The molecule has 0 aromatic heterocycles. The van der Waals surface area contributed by atoms with Crippen molar-refractivity contribution >= 4 is 23.3 Å². The summed E-state index contributed by atoms with van der Waals surface area (Å²) in [5.74, 6) is -0.570. The van der Waals surface area contributed by atoms with Crippen LogP contribution in [0.2, 0.25) is 0 Å². The zero-order valence-electron chi connectivity index (χ0n) is 5.83. The molecule has 70 valence electrons. The number of guanidine groups is 1. The van der Waals surface area contributed by atoms with Crippen LogP contribution in [0.15, 0.2) is 0 Å². The zero-order chi connectivity index (χ0) is 9.78. The monoisotopic (exact) mass is 200 g/mol. The Hall–Kier alpha value is -1.05. The topological polar surface area (TPSA) is 73.9 Å². The van der Waals surface area contributed by atoms with Gasteiger partial charge in [0.15, 0.2) is 11.1 Å². The predicted octanol–water partition coefficient (Wildman–Crippen LogP) is -0.0937. The van der Waals surface area contributed by atoms with Crippen LogP contribution in [0.25, 0.3) is 0 Å². The van der Waals surface area contributed by atoms with Gasteiger partial charge in [-0.1, -0.05) is 0 Å². The summed E-state index contributed by atoms with van der Waals surface area (Å²) < 4.78 is 34.5. The Bertz CT molecular complexity index is 189. The Morgan fingerprint density at radius 3 is 2.33 bits per heavy atom. The minimum atomic E-state index is -4.36. The lowest BCUT2D eigenvalue weighted by Gasteiger charge is -2.10. The molecule has 0 radical (unpaired) electrons. The number of halogens is 3. The van der Waals surface area contributed by atoms with Crippen molar-refractivity contribution in [3.63, 3.8) is 0 Å². The fraction of sp³-hybridized carbons (Fsp3) is 0.500. The first-order valence-electron chi connectivity index (χ1n) is 2.77. The quantitative estimate of drug-likeness (QED) is 0.271. The number of rotatable bonds is 1. The van der Waals surface area contributed by atoms with Crippen molar-refractivity contribution in [3.05, 3.63) is 0 Å². The molecule has 0 aliphatic rings. The van der Waals surface area contributed by atoms with E-state index in [4.69, 9.17) is 11.1 Å². The van der Waals surface area contributed by atoms with Crippen molar-refractivity contribution in [3.8, 4) is 0 Å². The van der Waals surface area contributed by atoms with Crippen LogP contribution < -0.4 is 16.4 Å². The second kappa shape index (κ2) is 4.10. The molecular weight excluding hydrogens is 193 g/mol. The molecule has 0 rings (SSSR count). The SMILES string of the molecule is N=C(NCC(F)(F)F)NC(N)=S. The van der Waals surface area contributed by atoms with E-state index >= 15 is 0 Å². The van der Waals surface area contributed by atoms with E-state index in [1.54, 1.807) is 5.32 Å². The molecule has 0 aliphatic carbocycles. The molecule has 0 unspecified atom stereocenters. The fourth-order valence-electron chi connectivity index (χ4n) is 0.356. The van der Waals surface area contributed by atoms with Crippen LogP contribution in [-0.2, 0) is 0 Å². The summed E-state index contributed by atoms with van der Waals surface area (Å²) in [7, 11) is 0. The highest BCUT2D eigenvalue weighted by atomic mass is 32.1. The maximum Gasteiger partial charge on any atom is 0.405 e. The summed E-state index contributed by atoms with van der Waals surface area (Å²) >= 11 is 4.28. The molecular formula is C4H7F3N4S. The van der Waals surface area contributed by atoms with E-state index in [0.29, 0.717) is 0 Å². The average Bonchev–Trinajstić information content (AvgIpc) is 1.80. The van der Waals surface area contributed by atoms with Gasteiger partial charge in [-0.15, -0.1) is 0 Å². The Morgan fingerprint density at radius 2 is 2.00 bits per heavy atom. The van der Waals surface area contributed by atoms with Gasteiger partial charge >= 0.3 is 6.18 Å². The molecule has 0 saturated carbocycles. The lowest BCUT2D eigenvalue weighted by atomic mass is 10.6. The normalized spacial score (nSPS) is 10.6. The van der Waals surface area contributed by atoms with Crippen LogP contribution in [0.4, 0.5) is 13.2 Å². The standard InChI is InChI=1S/C4H7F3N4S/c5-4(6,7)1-10-2(8)11-3(9)12/h1H2,(H5,8,9,10,11,12). The first-order valence-corrected chi connectivity index (χ1v) is 3.18. The van der Waals surface area contributed by atoms with Gasteiger partial charge in [0, 0.05) is 0 Å². The first-order chi connectivity index (χ1) is 5.31. The van der Waals surface area contributed by atoms with Crippen molar-refractivity contribution in [2.45, 2.75) is 6.18 Å². The Kier molecular flexibility index (Phi) is 3.74. The third-order valence-corrected chi connectivity index (χ3v) is 0.816. The molecule has 12 heavy (non-hydrogen) atoms. The summed E-state index contributed by atoms with van der Waals surface area (Å²) in [5.41, 5.74) is 4.89. The molecule has 0 spiro atoms. The van der Waals surface area contributed by atoms with Crippen molar-refractivity contribution in [2.75, 3.05) is 6.54 Å². The third-order valence-electron chi connectivity index (χ3n) is 0.714. The lowest BCUT2D eigenvalue weighted by Crippen LogP contribution is -2.45. The van der Waals surface area contributed by atoms with E-state index in [0.717, 1.165) is 0 Å². The highest BCUT2D eigenvalue weighted by Gasteiger charge is 2.26. The summed E-state index contributed by atoms with van der Waals surface area (Å²) in [5, 5.41) is 10.3. The number of hydrogen-bond acceptors (Lipinski definition) is 2. The van der Waals surface area contributed by atoms with Gasteiger partial charge in [0.05, 0.1) is 0 Å². The molecule has 0 fully saturated rings. The van der Waals surface area contributed by atoms with Crippen molar-refractivity contribution in [1.29, 1.82) is 5.41 Å². The summed E-state index contributed by atoms with van der Waals surface area (Å²) in [6, 6.07) is 0. The second-order valence-corrected chi connectivity index (χ2v) is 2.27. The van der Waals surface area contributed by atoms with E-state index in [1.165, 1.54) is 0 Å². The summed E-state index contributed by atoms with van der Waals surface area (Å²) in [6.45, 7) is -1.29. The molecule has 0 saturated heterocycles. The minimum absolute atomic E-state index is 0.255. The third kappa shape index (κ3) is 7.06. The maximum atomic E-state index is 11.5. The van der Waals surface area contributed by atoms with Gasteiger partial charge in [-0.25, -0.2) is 0 Å². The minimum Gasteiger partial charge on any atom is -0.376 e. The van der Waals surface area contributed by atoms with Crippen molar-refractivity contribution < 1.29 is 13.2 Å². The molecule has 4 nitrogen and oxygen atoms in total. The average molecular weight is 200 g/mol. The van der Waals surface area contributed by atoms with E-state index in [-0.39, 0.29) is 5.11 Å². The van der Waals surface area contributed by atoms with E-state index in [2.05, 4.69) is 12.2 Å². The van der Waals surface area contributed by atoms with Gasteiger partial charge in [0.2, 0.25) is 0 Å². The van der Waals surface area contributed by atoms with E-state index in [9.17, 15) is 13.2 Å². The largest absolute Gasteiger partial charge is 0.405 e. The lowest BCUT2D eigenvalue weighted by molar-refractivity contribution is -0.122. The number of nitrogens with two attached hydrogens (primary N) is 1. The summed E-state index contributed by atoms with van der Waals surface area (Å²) in [4.78, 5) is 0. The number of hydrogen-bond donors (Lipinski definition) is 4. The van der Waals surface area contributed by atoms with E-state index < -0.39 is 18.7 Å². The van der Waals surface area contributed by atoms with Crippen LogP contribution in [0, 0.1) is 5.41 Å². The van der Waals surface area contributed by atoms with E-state index in [1.807, 2.05) is 5.32 Å². The fourth-order valence-corrected chi connectivity index (χ4v) is 0.458. The Morgan fingerprint density at radius 1 is 1.50 bits per heavy atom. The maximum absolute atomic E-state index is 11.5. The number of nitrogens with one attached hydrogen (secondary N) is 3. The van der Waals surface area contributed by atoms with Gasteiger partial charge < -0.3 is 16.4 Å². The van der Waals surface area contributed by atoms with Gasteiger partial charge in [0.25, 0.3) is 0 Å². The summed E-state index contributed by atoms with van der Waals surface area (Å²) in [6.07, 6.45) is -4.36. The molecule has 0 amide bonds. The first kappa shape index (κ1) is 11.0. The molecule has 5 N–H and O–H groups in total. The molecule has 8 heteroatoms. The van der Waals surface area contributed by atoms with Crippen LogP contribution in [-0.4, -0.2) is 23.8 Å². The zero-order valence-corrected chi connectivity index (χ0v) is 6.64. The van der Waals surface area contributed by atoms with Crippen LogP contribution in [0.3, 0.4) is 0 Å². The molecule has 0 atom stereocenters. The highest BCUT2D eigenvalue weighted by molar-refractivity contribution is 7.80. The van der Waals surface area contributed by atoms with Crippen LogP contribution >= 0.6 is 12.2 Å². The van der Waals surface area contributed by atoms with Crippen molar-refractivity contribution in [1.82, 2.24) is 10.6 Å². The van der Waals surface area contributed by atoms with Gasteiger partial charge in [-0.3, -0.25) is 5.41 Å². The van der Waals surface area contributed by atoms with Crippen LogP contribution in [0.5, 0.6) is 0 Å². The van der Waals surface area contributed by atoms with Crippen molar-refractivity contribution in [2.24, 2.45) is 5.73 Å². The molecule has 0 heterocycles. The van der Waals surface area contributed by atoms with Gasteiger partial charge in [0.1, 0.15) is 6.54 Å². The Balaban J connectivity index is 3.65. The molecule has 0 aromatic rings. The predicted molar refractivity (Wildman–Crippen MR) is 41.7 cm³/mol. The molecule has 0 aromatic carbocycles. The second-order valence-electron chi connectivity index (χ2n) is 1.83. The smallest absolute Gasteiger partial charge is 0.376 e. The highest BCUT2D eigenvalue weighted by Crippen LogP contribution is 2.11. The number of thiocarbonyl (C=S) groups is 1. The Labute approximate surface area is 71.8 Å². The molecule has 0 aliphatic heterocycles. The molecule has 0 bridgehead atoms. The number of alkyl halides is 3. The van der Waals surface area contributed by atoms with Gasteiger partial charge in [-0.05, 0) is 12.2 Å². The van der Waals surface area contributed by atoms with Crippen LogP contribution in [0.1, 0.15) is 0 Å².